The van der Waals surface area contributed by atoms with Gasteiger partial charge in [0.15, 0.2) is 0 Å². The number of hydrogen-bond acceptors (Lipinski definition) is 3. The van der Waals surface area contributed by atoms with Crippen LogP contribution in [0.3, 0.4) is 0 Å². The predicted molar refractivity (Wildman–Crippen MR) is 83.2 cm³/mol. The second kappa shape index (κ2) is 5.14. The zero-order valence-electron chi connectivity index (χ0n) is 11.3. The van der Waals surface area contributed by atoms with E-state index >= 15 is 0 Å². The van der Waals surface area contributed by atoms with Crippen LogP contribution in [-0.2, 0) is 0 Å². The van der Waals surface area contributed by atoms with E-state index < -0.39 is 5.91 Å². The molecule has 104 valence electrons. The van der Waals surface area contributed by atoms with Gasteiger partial charge in [-0.3, -0.25) is 9.78 Å². The summed E-state index contributed by atoms with van der Waals surface area (Å²) in [4.78, 5) is 20.4. The molecule has 3 rings (SSSR count). The minimum atomic E-state index is -0.487. The van der Waals surface area contributed by atoms with E-state index in [1.54, 1.807) is 30.6 Å². The Labute approximate surface area is 126 Å². The number of carbonyl (C=O) groups excluding carboxylic acids is 1. The summed E-state index contributed by atoms with van der Waals surface area (Å²) in [5, 5.41) is 1.32. The van der Waals surface area contributed by atoms with Gasteiger partial charge in [0.2, 0.25) is 5.91 Å². The van der Waals surface area contributed by atoms with Crippen LogP contribution in [0.2, 0.25) is 5.02 Å². The van der Waals surface area contributed by atoms with Gasteiger partial charge in [-0.25, -0.2) is 4.98 Å². The Kier molecular flexibility index (Phi) is 3.31. The number of nitrogens with zero attached hydrogens (tertiary/aromatic N) is 2. The maximum atomic E-state index is 11.7. The highest BCUT2D eigenvalue weighted by atomic mass is 35.5. The van der Waals surface area contributed by atoms with Gasteiger partial charge >= 0.3 is 0 Å². The molecule has 4 nitrogen and oxygen atoms in total. The predicted octanol–water partition coefficient (Wildman–Crippen LogP) is 3.36. The second-order valence-electron chi connectivity index (χ2n) is 4.72. The van der Waals surface area contributed by atoms with Crippen molar-refractivity contribution in [1.29, 1.82) is 0 Å². The first-order valence-electron chi connectivity index (χ1n) is 6.38. The average molecular weight is 298 g/mol. The number of aryl methyl sites for hydroxylation is 1. The minimum absolute atomic E-state index is 0.437. The molecule has 2 N–H and O–H groups in total. The third kappa shape index (κ3) is 2.34. The van der Waals surface area contributed by atoms with Crippen LogP contribution < -0.4 is 5.73 Å². The molecule has 0 aliphatic rings. The smallest absolute Gasteiger partial charge is 0.249 e. The van der Waals surface area contributed by atoms with Gasteiger partial charge in [-0.2, -0.15) is 0 Å². The zero-order valence-corrected chi connectivity index (χ0v) is 12.1. The summed E-state index contributed by atoms with van der Waals surface area (Å²) in [6.07, 6.45) is 3.35. The van der Waals surface area contributed by atoms with E-state index in [1.807, 2.05) is 19.1 Å². The van der Waals surface area contributed by atoms with Gasteiger partial charge in [-0.15, -0.1) is 0 Å². The van der Waals surface area contributed by atoms with E-state index in [0.717, 1.165) is 11.1 Å². The molecular formula is C16H12ClN3O. The van der Waals surface area contributed by atoms with Crippen molar-refractivity contribution in [1.82, 2.24) is 9.97 Å². The molecule has 0 saturated heterocycles. The topological polar surface area (TPSA) is 68.9 Å². The summed E-state index contributed by atoms with van der Waals surface area (Å²) in [6.45, 7) is 1.87. The van der Waals surface area contributed by atoms with E-state index in [9.17, 15) is 4.79 Å². The summed E-state index contributed by atoms with van der Waals surface area (Å²) in [7, 11) is 0. The van der Waals surface area contributed by atoms with E-state index in [-0.39, 0.29) is 0 Å². The summed E-state index contributed by atoms with van der Waals surface area (Å²) in [5.74, 6) is -0.487. The molecule has 0 aliphatic carbocycles. The highest BCUT2D eigenvalue weighted by molar-refractivity contribution is 6.32. The van der Waals surface area contributed by atoms with Crippen molar-refractivity contribution in [3.63, 3.8) is 0 Å². The van der Waals surface area contributed by atoms with Crippen molar-refractivity contribution >= 4 is 28.4 Å². The lowest BCUT2D eigenvalue weighted by molar-refractivity contribution is 0.100. The third-order valence-corrected chi connectivity index (χ3v) is 3.82. The van der Waals surface area contributed by atoms with Gasteiger partial charge in [0.25, 0.3) is 0 Å². The maximum Gasteiger partial charge on any atom is 0.249 e. The molecule has 0 unspecified atom stereocenters. The molecule has 0 aliphatic heterocycles. The Morgan fingerprint density at radius 1 is 1.19 bits per heavy atom. The molecule has 0 bridgehead atoms. The van der Waals surface area contributed by atoms with Gasteiger partial charge in [0.1, 0.15) is 0 Å². The molecular weight excluding hydrogens is 286 g/mol. The monoisotopic (exact) mass is 297 g/mol. The normalized spacial score (nSPS) is 10.8. The highest BCUT2D eigenvalue weighted by Crippen LogP contribution is 2.29. The first-order chi connectivity index (χ1) is 10.1. The number of amides is 1. The molecule has 1 aromatic carbocycles. The van der Waals surface area contributed by atoms with Crippen LogP contribution in [0.25, 0.3) is 22.2 Å². The van der Waals surface area contributed by atoms with Gasteiger partial charge in [0, 0.05) is 28.4 Å². The minimum Gasteiger partial charge on any atom is -0.366 e. The van der Waals surface area contributed by atoms with Gasteiger partial charge < -0.3 is 5.73 Å². The number of pyridine rings is 2. The quantitative estimate of drug-likeness (QED) is 0.788. The first kappa shape index (κ1) is 13.5. The number of aromatic nitrogens is 2. The summed E-state index contributed by atoms with van der Waals surface area (Å²) < 4.78 is 0. The van der Waals surface area contributed by atoms with Crippen LogP contribution in [-0.4, -0.2) is 15.9 Å². The van der Waals surface area contributed by atoms with Gasteiger partial charge in [-0.1, -0.05) is 17.7 Å². The third-order valence-electron chi connectivity index (χ3n) is 3.41. The zero-order chi connectivity index (χ0) is 15.0. The Hall–Kier alpha value is -2.46. The van der Waals surface area contributed by atoms with Crippen molar-refractivity contribution in [2.75, 3.05) is 0 Å². The lowest BCUT2D eigenvalue weighted by Gasteiger charge is -2.10. The molecule has 0 saturated carbocycles. The molecule has 2 aromatic heterocycles. The fourth-order valence-corrected chi connectivity index (χ4v) is 2.43. The van der Waals surface area contributed by atoms with E-state index in [2.05, 4.69) is 9.97 Å². The number of rotatable bonds is 2. The Bertz CT molecular complexity index is 847. The maximum absolute atomic E-state index is 11.7. The molecule has 0 atom stereocenters. The number of benzene rings is 1. The summed E-state index contributed by atoms with van der Waals surface area (Å²) >= 11 is 6.15. The Morgan fingerprint density at radius 2 is 1.90 bits per heavy atom. The Morgan fingerprint density at radius 3 is 2.57 bits per heavy atom. The van der Waals surface area contributed by atoms with Crippen molar-refractivity contribution in [3.05, 3.63) is 58.9 Å². The van der Waals surface area contributed by atoms with Crippen LogP contribution in [0.5, 0.6) is 0 Å². The van der Waals surface area contributed by atoms with Gasteiger partial charge in [-0.05, 0) is 36.8 Å². The molecule has 21 heavy (non-hydrogen) atoms. The molecule has 0 radical (unpaired) electrons. The summed E-state index contributed by atoms with van der Waals surface area (Å²) in [6, 6.07) is 8.89. The standard InChI is InChI=1S/C16H12ClN3O/c1-9-13(17)3-2-11-12(16(18)21)8-14(20-15(9)11)10-4-6-19-7-5-10/h2-8H,1H3,(H2,18,21). The molecule has 2 heterocycles. The number of fused-ring (bicyclic) bond motifs is 1. The lowest BCUT2D eigenvalue weighted by atomic mass is 10.0. The fourth-order valence-electron chi connectivity index (χ4n) is 2.28. The number of carbonyl (C=O) groups is 1. The van der Waals surface area contributed by atoms with Crippen LogP contribution >= 0.6 is 11.6 Å². The number of halogens is 1. The molecule has 3 aromatic rings. The van der Waals surface area contributed by atoms with Crippen molar-refractivity contribution in [2.24, 2.45) is 5.73 Å². The van der Waals surface area contributed by atoms with E-state index in [4.69, 9.17) is 17.3 Å². The molecule has 0 fully saturated rings. The summed E-state index contributed by atoms with van der Waals surface area (Å²) in [5.41, 5.74) is 8.99. The fraction of sp³-hybridized carbons (Fsp3) is 0.0625. The average Bonchev–Trinajstić information content (AvgIpc) is 2.51. The first-order valence-corrected chi connectivity index (χ1v) is 6.76. The van der Waals surface area contributed by atoms with Crippen molar-refractivity contribution < 1.29 is 4.79 Å². The molecule has 1 amide bonds. The SMILES string of the molecule is Cc1c(Cl)ccc2c(C(N)=O)cc(-c3ccncc3)nc12. The largest absolute Gasteiger partial charge is 0.366 e. The second-order valence-corrected chi connectivity index (χ2v) is 5.13. The van der Waals surface area contributed by atoms with Gasteiger partial charge in [0.05, 0.1) is 16.8 Å². The van der Waals surface area contributed by atoms with Crippen LogP contribution in [0.15, 0.2) is 42.7 Å². The number of hydrogen-bond donors (Lipinski definition) is 1. The van der Waals surface area contributed by atoms with Crippen LogP contribution in [0.4, 0.5) is 0 Å². The highest BCUT2D eigenvalue weighted by Gasteiger charge is 2.14. The van der Waals surface area contributed by atoms with Crippen molar-refractivity contribution in [3.8, 4) is 11.3 Å². The number of nitrogens with two attached hydrogens (primary N) is 1. The molecule has 0 spiro atoms. The van der Waals surface area contributed by atoms with E-state index in [1.165, 1.54) is 0 Å². The number of primary amides is 1. The van der Waals surface area contributed by atoms with Crippen molar-refractivity contribution in [2.45, 2.75) is 6.92 Å². The molecule has 5 heteroatoms. The Balaban J connectivity index is 2.39. The van der Waals surface area contributed by atoms with Crippen LogP contribution in [0.1, 0.15) is 15.9 Å². The van der Waals surface area contributed by atoms with Crippen LogP contribution in [0, 0.1) is 6.92 Å². The van der Waals surface area contributed by atoms with E-state index in [0.29, 0.717) is 27.2 Å². The lowest BCUT2D eigenvalue weighted by Crippen LogP contribution is -2.12.